The molecule has 2 saturated carbocycles. The van der Waals surface area contributed by atoms with Gasteiger partial charge in [0.2, 0.25) is 0 Å². The zero-order chi connectivity index (χ0) is 16.6. The Bertz CT molecular complexity index is 626. The molecule has 1 aromatic rings. The first kappa shape index (κ1) is 16.0. The number of anilines is 1. The average Bonchev–Trinajstić information content (AvgIpc) is 3.12. The van der Waals surface area contributed by atoms with Crippen LogP contribution in [-0.2, 0) is 9.59 Å². The van der Waals surface area contributed by atoms with E-state index in [9.17, 15) is 9.59 Å². The Hall–Kier alpha value is -1.84. The van der Waals surface area contributed by atoms with Gasteiger partial charge in [0.15, 0.2) is 0 Å². The highest BCUT2D eigenvalue weighted by Crippen LogP contribution is 2.49. The number of nitrogens with one attached hydrogen (secondary N) is 2. The number of amides is 2. The summed E-state index contributed by atoms with van der Waals surface area (Å²) in [5.41, 5.74) is 2.80. The van der Waals surface area contributed by atoms with Crippen LogP contribution < -0.4 is 10.6 Å². The Morgan fingerprint density at radius 2 is 1.91 bits per heavy atom. The van der Waals surface area contributed by atoms with Gasteiger partial charge in [-0.2, -0.15) is 0 Å². The summed E-state index contributed by atoms with van der Waals surface area (Å²) in [5, 5.41) is 5.62. The second kappa shape index (κ2) is 6.34. The van der Waals surface area contributed by atoms with Gasteiger partial charge < -0.3 is 10.6 Å². The summed E-state index contributed by atoms with van der Waals surface area (Å²) in [5.74, 6) is 1.00. The number of carbonyl (C=O) groups excluding carboxylic acids is 2. The predicted octanol–water partition coefficient (Wildman–Crippen LogP) is 3.18. The van der Waals surface area contributed by atoms with Gasteiger partial charge >= 0.3 is 11.8 Å². The lowest BCUT2D eigenvalue weighted by Gasteiger charge is -2.28. The summed E-state index contributed by atoms with van der Waals surface area (Å²) in [4.78, 5) is 24.3. The van der Waals surface area contributed by atoms with Crippen LogP contribution in [0.3, 0.4) is 0 Å². The third kappa shape index (κ3) is 3.41. The summed E-state index contributed by atoms with van der Waals surface area (Å²) < 4.78 is 0. The molecule has 2 bridgehead atoms. The first-order valence-electron chi connectivity index (χ1n) is 8.63. The van der Waals surface area contributed by atoms with Gasteiger partial charge in [-0.25, -0.2) is 0 Å². The molecule has 2 aliphatic carbocycles. The van der Waals surface area contributed by atoms with Crippen LogP contribution in [0.5, 0.6) is 0 Å². The molecule has 2 aliphatic rings. The molecule has 0 radical (unpaired) electrons. The molecule has 23 heavy (non-hydrogen) atoms. The van der Waals surface area contributed by atoms with E-state index in [1.165, 1.54) is 25.7 Å². The highest BCUT2D eigenvalue weighted by Gasteiger charge is 2.42. The van der Waals surface area contributed by atoms with Crippen LogP contribution in [0.25, 0.3) is 0 Å². The van der Waals surface area contributed by atoms with Crippen LogP contribution in [0.4, 0.5) is 5.69 Å². The molecule has 2 amide bonds. The quantitative estimate of drug-likeness (QED) is 0.842. The van der Waals surface area contributed by atoms with Crippen LogP contribution in [0.15, 0.2) is 18.2 Å². The second-order valence-corrected chi connectivity index (χ2v) is 7.37. The molecule has 4 nitrogen and oxygen atoms in total. The maximum Gasteiger partial charge on any atom is 0.313 e. The van der Waals surface area contributed by atoms with Crippen molar-refractivity contribution in [2.45, 2.75) is 52.5 Å². The lowest BCUT2D eigenvalue weighted by molar-refractivity contribution is -0.136. The van der Waals surface area contributed by atoms with E-state index >= 15 is 0 Å². The lowest BCUT2D eigenvalue weighted by Crippen LogP contribution is -2.45. The van der Waals surface area contributed by atoms with E-state index in [1.807, 2.05) is 39.0 Å². The van der Waals surface area contributed by atoms with Crippen molar-refractivity contribution in [1.29, 1.82) is 0 Å². The van der Waals surface area contributed by atoms with Crippen LogP contribution >= 0.6 is 0 Å². The highest BCUT2D eigenvalue weighted by atomic mass is 16.2. The minimum Gasteiger partial charge on any atom is -0.345 e. The second-order valence-electron chi connectivity index (χ2n) is 7.37. The molecular formula is C19H26N2O2. The molecule has 0 aromatic heterocycles. The van der Waals surface area contributed by atoms with Crippen molar-refractivity contribution < 1.29 is 9.59 Å². The van der Waals surface area contributed by atoms with E-state index in [1.54, 1.807) is 0 Å². The molecule has 2 fully saturated rings. The Kier molecular flexibility index (Phi) is 4.42. The van der Waals surface area contributed by atoms with Crippen molar-refractivity contribution >= 4 is 17.5 Å². The molecule has 0 spiro atoms. The fourth-order valence-electron chi connectivity index (χ4n) is 4.42. The minimum atomic E-state index is -0.577. The number of hydrogen-bond acceptors (Lipinski definition) is 2. The molecule has 4 heteroatoms. The molecular weight excluding hydrogens is 288 g/mol. The number of carbonyl (C=O) groups is 2. The zero-order valence-electron chi connectivity index (χ0n) is 14.2. The maximum absolute atomic E-state index is 12.2. The van der Waals surface area contributed by atoms with Crippen molar-refractivity contribution in [3.63, 3.8) is 0 Å². The SMILES string of the molecule is Cc1ccc(NC(=O)C(=O)NC(C)C2CC3CCC2C3)c(C)c1. The van der Waals surface area contributed by atoms with E-state index in [0.717, 1.165) is 23.0 Å². The Morgan fingerprint density at radius 3 is 2.52 bits per heavy atom. The molecule has 3 rings (SSSR count). The van der Waals surface area contributed by atoms with Crippen LogP contribution in [0.2, 0.25) is 0 Å². The zero-order valence-corrected chi connectivity index (χ0v) is 14.2. The molecule has 0 heterocycles. The molecule has 4 unspecified atom stereocenters. The summed E-state index contributed by atoms with van der Waals surface area (Å²) in [6.07, 6.45) is 5.13. The minimum absolute atomic E-state index is 0.0719. The van der Waals surface area contributed by atoms with Crippen molar-refractivity contribution in [1.82, 2.24) is 5.32 Å². The van der Waals surface area contributed by atoms with Crippen molar-refractivity contribution in [2.24, 2.45) is 17.8 Å². The number of aryl methyl sites for hydroxylation is 2. The van der Waals surface area contributed by atoms with Crippen molar-refractivity contribution in [3.8, 4) is 0 Å². The normalized spacial score (nSPS) is 26.8. The van der Waals surface area contributed by atoms with Crippen LogP contribution in [0.1, 0.15) is 43.7 Å². The van der Waals surface area contributed by atoms with Gasteiger partial charge in [0, 0.05) is 11.7 Å². The summed E-state index contributed by atoms with van der Waals surface area (Å²) in [7, 11) is 0. The van der Waals surface area contributed by atoms with Gasteiger partial charge in [-0.05, 0) is 69.4 Å². The van der Waals surface area contributed by atoms with Gasteiger partial charge in [0.25, 0.3) is 0 Å². The van der Waals surface area contributed by atoms with Crippen molar-refractivity contribution in [2.75, 3.05) is 5.32 Å². The topological polar surface area (TPSA) is 58.2 Å². The van der Waals surface area contributed by atoms with Gasteiger partial charge in [0.05, 0.1) is 0 Å². The van der Waals surface area contributed by atoms with Gasteiger partial charge in [0.1, 0.15) is 0 Å². The fraction of sp³-hybridized carbons (Fsp3) is 0.579. The smallest absolute Gasteiger partial charge is 0.313 e. The monoisotopic (exact) mass is 314 g/mol. The van der Waals surface area contributed by atoms with E-state index in [0.29, 0.717) is 11.6 Å². The van der Waals surface area contributed by atoms with Gasteiger partial charge in [-0.1, -0.05) is 24.1 Å². The summed E-state index contributed by atoms with van der Waals surface area (Å²) in [6, 6.07) is 5.83. The number of hydrogen-bond donors (Lipinski definition) is 2. The molecule has 0 saturated heterocycles. The number of fused-ring (bicyclic) bond motifs is 2. The van der Waals surface area contributed by atoms with Crippen molar-refractivity contribution in [3.05, 3.63) is 29.3 Å². The Labute approximate surface area is 138 Å². The predicted molar refractivity (Wildman–Crippen MR) is 91.1 cm³/mol. The molecule has 4 atom stereocenters. The summed E-state index contributed by atoms with van der Waals surface area (Å²) in [6.45, 7) is 5.97. The number of rotatable bonds is 3. The first-order valence-corrected chi connectivity index (χ1v) is 8.63. The van der Waals surface area contributed by atoms with Crippen LogP contribution in [-0.4, -0.2) is 17.9 Å². The fourth-order valence-corrected chi connectivity index (χ4v) is 4.42. The largest absolute Gasteiger partial charge is 0.345 e. The number of benzene rings is 1. The van der Waals surface area contributed by atoms with Crippen LogP contribution in [0, 0.1) is 31.6 Å². The molecule has 124 valence electrons. The van der Waals surface area contributed by atoms with Gasteiger partial charge in [-0.15, -0.1) is 0 Å². The van der Waals surface area contributed by atoms with E-state index in [-0.39, 0.29) is 6.04 Å². The van der Waals surface area contributed by atoms with Gasteiger partial charge in [-0.3, -0.25) is 9.59 Å². The summed E-state index contributed by atoms with van der Waals surface area (Å²) >= 11 is 0. The Balaban J connectivity index is 1.56. The van der Waals surface area contributed by atoms with E-state index in [4.69, 9.17) is 0 Å². The highest BCUT2D eigenvalue weighted by molar-refractivity contribution is 6.39. The third-order valence-corrected chi connectivity index (χ3v) is 5.63. The average molecular weight is 314 g/mol. The van der Waals surface area contributed by atoms with E-state index in [2.05, 4.69) is 10.6 Å². The third-order valence-electron chi connectivity index (χ3n) is 5.63. The molecule has 0 aliphatic heterocycles. The molecule has 2 N–H and O–H groups in total. The Morgan fingerprint density at radius 1 is 1.13 bits per heavy atom. The molecule has 1 aromatic carbocycles. The first-order chi connectivity index (χ1) is 10.9. The standard InChI is InChI=1S/C19H26N2O2/c1-11-4-7-17(12(2)8-11)21-19(23)18(22)20-13(3)16-10-14-5-6-15(16)9-14/h4,7-8,13-16H,5-6,9-10H2,1-3H3,(H,20,22)(H,21,23). The lowest BCUT2D eigenvalue weighted by atomic mass is 9.84. The van der Waals surface area contributed by atoms with E-state index < -0.39 is 11.8 Å². The maximum atomic E-state index is 12.2.